The van der Waals surface area contributed by atoms with Gasteiger partial charge in [-0.3, -0.25) is 9.48 Å². The van der Waals surface area contributed by atoms with E-state index < -0.39 is 0 Å². The number of ether oxygens (including phenoxy) is 1. The van der Waals surface area contributed by atoms with Crippen LogP contribution in [0.3, 0.4) is 0 Å². The van der Waals surface area contributed by atoms with Crippen LogP contribution in [0.4, 0.5) is 5.69 Å². The van der Waals surface area contributed by atoms with Crippen molar-refractivity contribution in [1.82, 2.24) is 9.78 Å². The Kier molecular flexibility index (Phi) is 5.03. The fraction of sp³-hybridized carbons (Fsp3) is 0.556. The van der Waals surface area contributed by atoms with Gasteiger partial charge in [0.1, 0.15) is 13.2 Å². The molecular formula is C9H15N3O2S. The number of esters is 1. The molecule has 0 atom stereocenters. The molecule has 0 fully saturated rings. The number of hydrogen-bond acceptors (Lipinski definition) is 5. The highest BCUT2D eigenvalue weighted by molar-refractivity contribution is 7.99. The molecule has 1 aromatic heterocycles. The summed E-state index contributed by atoms with van der Waals surface area (Å²) in [5.41, 5.74) is 6.00. The number of nitrogens with two attached hydrogens (primary N) is 1. The predicted octanol–water partition coefficient (Wildman–Crippen LogP) is 0.762. The van der Waals surface area contributed by atoms with Gasteiger partial charge in [0.25, 0.3) is 0 Å². The number of thioether (sulfide) groups is 1. The van der Waals surface area contributed by atoms with Crippen LogP contribution in [0.5, 0.6) is 0 Å². The molecule has 84 valence electrons. The lowest BCUT2D eigenvalue weighted by atomic mass is 10.6. The molecule has 5 nitrogen and oxygen atoms in total. The van der Waals surface area contributed by atoms with Gasteiger partial charge in [-0.1, -0.05) is 6.92 Å². The molecule has 0 bridgehead atoms. The van der Waals surface area contributed by atoms with Crippen LogP contribution in [0.25, 0.3) is 0 Å². The molecule has 0 aromatic carbocycles. The second-order valence-electron chi connectivity index (χ2n) is 2.89. The van der Waals surface area contributed by atoms with Gasteiger partial charge in [-0.25, -0.2) is 0 Å². The zero-order valence-electron chi connectivity index (χ0n) is 8.68. The summed E-state index contributed by atoms with van der Waals surface area (Å²) in [6.45, 7) is 2.64. The zero-order chi connectivity index (χ0) is 11.1. The van der Waals surface area contributed by atoms with E-state index in [4.69, 9.17) is 10.5 Å². The first kappa shape index (κ1) is 11.9. The van der Waals surface area contributed by atoms with Crippen molar-refractivity contribution in [1.29, 1.82) is 0 Å². The Morgan fingerprint density at radius 3 is 3.13 bits per heavy atom. The predicted molar refractivity (Wildman–Crippen MR) is 60.6 cm³/mol. The Balaban J connectivity index is 2.18. The van der Waals surface area contributed by atoms with Gasteiger partial charge in [-0.05, 0) is 5.75 Å². The summed E-state index contributed by atoms with van der Waals surface area (Å²) in [6, 6.07) is 0. The molecule has 0 aliphatic rings. The van der Waals surface area contributed by atoms with Crippen LogP contribution < -0.4 is 5.73 Å². The molecule has 0 radical (unpaired) electrons. The SMILES string of the molecule is CCSCCOC(=O)Cn1cc(N)cn1. The molecule has 1 heterocycles. The van der Waals surface area contributed by atoms with E-state index in [0.29, 0.717) is 12.3 Å². The van der Waals surface area contributed by atoms with Gasteiger partial charge < -0.3 is 10.5 Å². The highest BCUT2D eigenvalue weighted by atomic mass is 32.2. The maximum Gasteiger partial charge on any atom is 0.327 e. The highest BCUT2D eigenvalue weighted by Gasteiger charge is 2.04. The number of aromatic nitrogens is 2. The summed E-state index contributed by atoms with van der Waals surface area (Å²) in [5.74, 6) is 1.59. The Bertz CT molecular complexity index is 314. The van der Waals surface area contributed by atoms with Crippen molar-refractivity contribution in [3.63, 3.8) is 0 Å². The van der Waals surface area contributed by atoms with Crippen molar-refractivity contribution < 1.29 is 9.53 Å². The molecule has 6 heteroatoms. The van der Waals surface area contributed by atoms with E-state index in [1.54, 1.807) is 18.0 Å². The van der Waals surface area contributed by atoms with E-state index in [0.717, 1.165) is 11.5 Å². The van der Waals surface area contributed by atoms with Crippen LogP contribution in [-0.4, -0.2) is 33.9 Å². The first-order valence-electron chi connectivity index (χ1n) is 4.73. The Morgan fingerprint density at radius 1 is 1.73 bits per heavy atom. The van der Waals surface area contributed by atoms with Gasteiger partial charge in [0.2, 0.25) is 0 Å². The third-order valence-corrected chi connectivity index (χ3v) is 2.50. The third-order valence-electron chi connectivity index (χ3n) is 1.64. The average Bonchev–Trinajstić information content (AvgIpc) is 2.59. The number of nitrogens with zero attached hydrogens (tertiary/aromatic N) is 2. The zero-order valence-corrected chi connectivity index (χ0v) is 9.50. The molecule has 0 saturated carbocycles. The maximum atomic E-state index is 11.3. The van der Waals surface area contributed by atoms with Gasteiger partial charge in [-0.15, -0.1) is 0 Å². The van der Waals surface area contributed by atoms with Crippen LogP contribution in [0, 0.1) is 0 Å². The van der Waals surface area contributed by atoms with Crippen molar-refractivity contribution in [3.8, 4) is 0 Å². The Morgan fingerprint density at radius 2 is 2.53 bits per heavy atom. The second-order valence-corrected chi connectivity index (χ2v) is 4.28. The van der Waals surface area contributed by atoms with Crippen LogP contribution in [0.15, 0.2) is 12.4 Å². The highest BCUT2D eigenvalue weighted by Crippen LogP contribution is 2.00. The second kappa shape index (κ2) is 6.34. The van der Waals surface area contributed by atoms with Crippen molar-refractivity contribution in [2.45, 2.75) is 13.5 Å². The van der Waals surface area contributed by atoms with E-state index in [1.165, 1.54) is 10.9 Å². The van der Waals surface area contributed by atoms with E-state index in [1.807, 2.05) is 0 Å². The number of anilines is 1. The number of carbonyl (C=O) groups is 1. The largest absolute Gasteiger partial charge is 0.463 e. The fourth-order valence-corrected chi connectivity index (χ4v) is 1.49. The van der Waals surface area contributed by atoms with Crippen molar-refractivity contribution >= 4 is 23.4 Å². The summed E-state index contributed by atoms with van der Waals surface area (Å²) in [5, 5.41) is 3.89. The lowest BCUT2D eigenvalue weighted by Gasteiger charge is -2.03. The first-order valence-corrected chi connectivity index (χ1v) is 5.89. The quantitative estimate of drug-likeness (QED) is 0.576. The molecule has 0 unspecified atom stereocenters. The van der Waals surface area contributed by atoms with Crippen LogP contribution in [-0.2, 0) is 16.1 Å². The maximum absolute atomic E-state index is 11.3. The Hall–Kier alpha value is -1.17. The van der Waals surface area contributed by atoms with Gasteiger partial charge in [0.05, 0.1) is 11.9 Å². The molecule has 1 rings (SSSR count). The standard InChI is InChI=1S/C9H15N3O2S/c1-2-15-4-3-14-9(13)7-12-6-8(10)5-11-12/h5-6H,2-4,7,10H2,1H3. The van der Waals surface area contributed by atoms with E-state index in [-0.39, 0.29) is 12.5 Å². The molecule has 0 aliphatic heterocycles. The van der Waals surface area contributed by atoms with Crippen LogP contribution >= 0.6 is 11.8 Å². The van der Waals surface area contributed by atoms with E-state index in [9.17, 15) is 4.79 Å². The minimum atomic E-state index is -0.283. The first-order chi connectivity index (χ1) is 7.22. The number of carbonyl (C=O) groups excluding carboxylic acids is 1. The van der Waals surface area contributed by atoms with Crippen molar-refractivity contribution in [3.05, 3.63) is 12.4 Å². The number of hydrogen-bond donors (Lipinski definition) is 1. The summed E-state index contributed by atoms with van der Waals surface area (Å²) >= 11 is 1.74. The normalized spacial score (nSPS) is 10.2. The molecule has 0 amide bonds. The van der Waals surface area contributed by atoms with Crippen LogP contribution in [0.2, 0.25) is 0 Å². The van der Waals surface area contributed by atoms with Gasteiger partial charge in [0, 0.05) is 11.9 Å². The monoisotopic (exact) mass is 229 g/mol. The summed E-state index contributed by atoms with van der Waals surface area (Å²) in [7, 11) is 0. The van der Waals surface area contributed by atoms with E-state index >= 15 is 0 Å². The van der Waals surface area contributed by atoms with Gasteiger partial charge >= 0.3 is 5.97 Å². The topological polar surface area (TPSA) is 70.1 Å². The summed E-state index contributed by atoms with van der Waals surface area (Å²) in [4.78, 5) is 11.3. The fourth-order valence-electron chi connectivity index (χ4n) is 1.00. The van der Waals surface area contributed by atoms with Gasteiger partial charge in [0.15, 0.2) is 0 Å². The third kappa shape index (κ3) is 4.73. The lowest BCUT2D eigenvalue weighted by molar-refractivity contribution is -0.143. The minimum absolute atomic E-state index is 0.119. The molecule has 0 aliphatic carbocycles. The summed E-state index contributed by atoms with van der Waals surface area (Å²) in [6.07, 6.45) is 3.10. The average molecular weight is 229 g/mol. The van der Waals surface area contributed by atoms with Crippen LogP contribution in [0.1, 0.15) is 6.92 Å². The minimum Gasteiger partial charge on any atom is -0.463 e. The smallest absolute Gasteiger partial charge is 0.327 e. The van der Waals surface area contributed by atoms with E-state index in [2.05, 4.69) is 12.0 Å². The van der Waals surface area contributed by atoms with Crippen molar-refractivity contribution in [2.24, 2.45) is 0 Å². The van der Waals surface area contributed by atoms with Crippen molar-refractivity contribution in [2.75, 3.05) is 23.8 Å². The molecule has 15 heavy (non-hydrogen) atoms. The Labute approximate surface area is 93.0 Å². The molecule has 0 saturated heterocycles. The molecule has 2 N–H and O–H groups in total. The summed E-state index contributed by atoms with van der Waals surface area (Å²) < 4.78 is 6.46. The molecule has 1 aromatic rings. The lowest BCUT2D eigenvalue weighted by Crippen LogP contribution is -2.15. The van der Waals surface area contributed by atoms with Gasteiger partial charge in [-0.2, -0.15) is 16.9 Å². The number of nitrogen functional groups attached to an aromatic ring is 1. The molecule has 0 spiro atoms. The number of rotatable bonds is 6. The molecular weight excluding hydrogens is 214 g/mol.